The van der Waals surface area contributed by atoms with E-state index in [1.54, 1.807) is 7.11 Å². The van der Waals surface area contributed by atoms with Crippen molar-refractivity contribution in [3.8, 4) is 0 Å². The minimum atomic E-state index is 0.336. The Hall–Kier alpha value is 0.400. The number of halogens is 1. The predicted octanol–water partition coefficient (Wildman–Crippen LogP) is 1.43. The molecule has 1 rings (SSSR count). The van der Waals surface area contributed by atoms with E-state index in [1.807, 2.05) is 0 Å². The van der Waals surface area contributed by atoms with Gasteiger partial charge in [0.15, 0.2) is 0 Å². The topological polar surface area (TPSA) is 18.5 Å². The van der Waals surface area contributed by atoms with Gasteiger partial charge in [-0.25, -0.2) is 0 Å². The number of hydrogen-bond donors (Lipinski definition) is 0. The fourth-order valence-corrected chi connectivity index (χ4v) is 2.02. The molecule has 0 unspecified atom stereocenters. The zero-order chi connectivity index (χ0) is 7.40. The monoisotopic (exact) mass is 208 g/mol. The van der Waals surface area contributed by atoms with Crippen LogP contribution in [0.5, 0.6) is 0 Å². The van der Waals surface area contributed by atoms with Crippen LogP contribution in [0.1, 0.15) is 6.42 Å². The maximum absolute atomic E-state index is 5.26. The molecule has 1 fully saturated rings. The second kappa shape index (κ2) is 4.31. The second-order valence-electron chi connectivity index (χ2n) is 2.55. The molecule has 0 amide bonds. The van der Waals surface area contributed by atoms with E-state index in [1.165, 1.54) is 0 Å². The van der Waals surface area contributed by atoms with Gasteiger partial charge in [-0.3, -0.25) is 0 Å². The quantitative estimate of drug-likeness (QED) is 0.654. The fourth-order valence-electron chi connectivity index (χ4n) is 1.23. The first-order chi connectivity index (χ1) is 4.88. The van der Waals surface area contributed by atoms with Gasteiger partial charge < -0.3 is 9.47 Å². The van der Waals surface area contributed by atoms with Gasteiger partial charge in [0.2, 0.25) is 0 Å². The molecule has 0 aliphatic carbocycles. The number of alkyl halides is 1. The van der Waals surface area contributed by atoms with E-state index in [4.69, 9.17) is 9.47 Å². The third-order valence-electron chi connectivity index (χ3n) is 1.95. The summed E-state index contributed by atoms with van der Waals surface area (Å²) in [7, 11) is 1.75. The van der Waals surface area contributed by atoms with Gasteiger partial charge in [-0.2, -0.15) is 0 Å². The van der Waals surface area contributed by atoms with Crippen molar-refractivity contribution in [3.63, 3.8) is 0 Å². The summed E-state index contributed by atoms with van der Waals surface area (Å²) >= 11 is 3.41. The van der Waals surface area contributed by atoms with Crippen LogP contribution in [0.3, 0.4) is 0 Å². The molecule has 1 saturated heterocycles. The molecule has 3 heteroatoms. The van der Waals surface area contributed by atoms with Crippen LogP contribution in [0.15, 0.2) is 0 Å². The Morgan fingerprint density at radius 3 is 3.00 bits per heavy atom. The molecule has 1 heterocycles. The Balaban J connectivity index is 2.29. The van der Waals surface area contributed by atoms with E-state index in [0.29, 0.717) is 12.0 Å². The van der Waals surface area contributed by atoms with Crippen LogP contribution in [0.25, 0.3) is 0 Å². The lowest BCUT2D eigenvalue weighted by Crippen LogP contribution is -2.24. The summed E-state index contributed by atoms with van der Waals surface area (Å²) in [6, 6.07) is 0. The van der Waals surface area contributed by atoms with Crippen LogP contribution in [0.4, 0.5) is 0 Å². The first-order valence-electron chi connectivity index (χ1n) is 3.55. The van der Waals surface area contributed by atoms with Gasteiger partial charge in [0, 0.05) is 25.0 Å². The fraction of sp³-hybridized carbons (Fsp3) is 1.00. The van der Waals surface area contributed by atoms with Gasteiger partial charge in [-0.1, -0.05) is 15.9 Å². The Morgan fingerprint density at radius 1 is 1.80 bits per heavy atom. The number of rotatable bonds is 3. The first kappa shape index (κ1) is 8.50. The highest BCUT2D eigenvalue weighted by Crippen LogP contribution is 2.19. The molecular weight excluding hydrogens is 196 g/mol. The molecule has 0 aromatic carbocycles. The average Bonchev–Trinajstić information content (AvgIpc) is 2.43. The maximum atomic E-state index is 5.26. The van der Waals surface area contributed by atoms with E-state index in [9.17, 15) is 0 Å². The van der Waals surface area contributed by atoms with Gasteiger partial charge in [-0.15, -0.1) is 0 Å². The summed E-state index contributed by atoms with van der Waals surface area (Å²) in [5.41, 5.74) is 0. The van der Waals surface area contributed by atoms with Crippen molar-refractivity contribution in [2.75, 3.05) is 25.7 Å². The first-order valence-corrected chi connectivity index (χ1v) is 4.67. The highest BCUT2D eigenvalue weighted by Gasteiger charge is 2.24. The lowest BCUT2D eigenvalue weighted by Gasteiger charge is -2.17. The molecule has 0 spiro atoms. The van der Waals surface area contributed by atoms with E-state index in [-0.39, 0.29) is 0 Å². The largest absolute Gasteiger partial charge is 0.381 e. The lowest BCUT2D eigenvalue weighted by atomic mass is 10.0. The minimum Gasteiger partial charge on any atom is -0.381 e. The summed E-state index contributed by atoms with van der Waals surface area (Å²) in [6.07, 6.45) is 1.48. The Labute approximate surface area is 70.0 Å². The molecule has 2 atom stereocenters. The Bertz CT molecular complexity index is 87.6. The summed E-state index contributed by atoms with van der Waals surface area (Å²) in [5.74, 6) is 0.601. The van der Waals surface area contributed by atoms with Crippen molar-refractivity contribution >= 4 is 15.9 Å². The molecule has 0 aromatic rings. The summed E-state index contributed by atoms with van der Waals surface area (Å²) < 4.78 is 10.5. The Kier molecular flexibility index (Phi) is 3.66. The van der Waals surface area contributed by atoms with Crippen molar-refractivity contribution in [1.29, 1.82) is 0 Å². The van der Waals surface area contributed by atoms with E-state index < -0.39 is 0 Å². The van der Waals surface area contributed by atoms with Crippen LogP contribution in [-0.2, 0) is 9.47 Å². The third-order valence-corrected chi connectivity index (χ3v) is 2.58. The third kappa shape index (κ3) is 1.94. The smallest absolute Gasteiger partial charge is 0.0719 e. The molecule has 0 radical (unpaired) electrons. The average molecular weight is 209 g/mol. The van der Waals surface area contributed by atoms with Gasteiger partial charge in [0.1, 0.15) is 0 Å². The zero-order valence-electron chi connectivity index (χ0n) is 6.18. The molecule has 0 aromatic heterocycles. The van der Waals surface area contributed by atoms with Gasteiger partial charge >= 0.3 is 0 Å². The molecular formula is C7H13BrO2. The van der Waals surface area contributed by atoms with E-state index >= 15 is 0 Å². The number of methoxy groups -OCH3 is 1. The van der Waals surface area contributed by atoms with Crippen molar-refractivity contribution < 1.29 is 9.47 Å². The van der Waals surface area contributed by atoms with Crippen molar-refractivity contribution in [2.45, 2.75) is 12.5 Å². The number of hydrogen-bond acceptors (Lipinski definition) is 2. The molecule has 0 bridgehead atoms. The normalized spacial score (nSPS) is 28.8. The lowest BCUT2D eigenvalue weighted by molar-refractivity contribution is 0.0631. The standard InChI is InChI=1S/C7H13BrO2/c1-9-7(4-8)6-2-3-10-5-6/h6-7H,2-5H2,1H3/t6-,7+/m1/s1. The van der Waals surface area contributed by atoms with E-state index in [0.717, 1.165) is 25.0 Å². The molecule has 2 nitrogen and oxygen atoms in total. The van der Waals surface area contributed by atoms with Crippen molar-refractivity contribution in [2.24, 2.45) is 5.92 Å². The minimum absolute atomic E-state index is 0.336. The Morgan fingerprint density at radius 2 is 2.60 bits per heavy atom. The van der Waals surface area contributed by atoms with Gasteiger partial charge in [0.05, 0.1) is 12.7 Å². The predicted molar refractivity (Wildman–Crippen MR) is 43.5 cm³/mol. The van der Waals surface area contributed by atoms with E-state index in [2.05, 4.69) is 15.9 Å². The SMILES string of the molecule is CO[C@@H](CBr)[C@@H]1CCOC1. The highest BCUT2D eigenvalue weighted by atomic mass is 79.9. The van der Waals surface area contributed by atoms with Crippen LogP contribution in [0, 0.1) is 5.92 Å². The van der Waals surface area contributed by atoms with Crippen LogP contribution in [-0.4, -0.2) is 31.8 Å². The summed E-state index contributed by atoms with van der Waals surface area (Å²) in [5, 5.41) is 0.914. The van der Waals surface area contributed by atoms with Crippen LogP contribution < -0.4 is 0 Å². The van der Waals surface area contributed by atoms with Gasteiger partial charge in [0.25, 0.3) is 0 Å². The molecule has 1 aliphatic rings. The molecule has 0 saturated carbocycles. The summed E-state index contributed by atoms with van der Waals surface area (Å²) in [6.45, 7) is 1.77. The van der Waals surface area contributed by atoms with Crippen LogP contribution in [0.2, 0.25) is 0 Å². The van der Waals surface area contributed by atoms with Crippen LogP contribution >= 0.6 is 15.9 Å². The zero-order valence-corrected chi connectivity index (χ0v) is 7.76. The highest BCUT2D eigenvalue weighted by molar-refractivity contribution is 9.09. The molecule has 60 valence electrons. The molecule has 1 aliphatic heterocycles. The summed E-state index contributed by atoms with van der Waals surface area (Å²) in [4.78, 5) is 0. The molecule has 10 heavy (non-hydrogen) atoms. The maximum Gasteiger partial charge on any atom is 0.0719 e. The number of ether oxygens (including phenoxy) is 2. The molecule has 0 N–H and O–H groups in total. The van der Waals surface area contributed by atoms with Gasteiger partial charge in [-0.05, 0) is 6.42 Å². The van der Waals surface area contributed by atoms with Crippen molar-refractivity contribution in [1.82, 2.24) is 0 Å². The second-order valence-corrected chi connectivity index (χ2v) is 3.20. The van der Waals surface area contributed by atoms with Crippen molar-refractivity contribution in [3.05, 3.63) is 0 Å².